The van der Waals surface area contributed by atoms with Crippen LogP contribution in [0.25, 0.3) is 0 Å². The van der Waals surface area contributed by atoms with E-state index in [1.807, 2.05) is 41.3 Å². The largest absolute Gasteiger partial charge is 0.349 e. The van der Waals surface area contributed by atoms with Crippen LogP contribution in [0.15, 0.2) is 60.7 Å². The number of nitrogens with zero attached hydrogens (tertiary/aromatic N) is 1. The number of benzene rings is 2. The zero-order valence-electron chi connectivity index (χ0n) is 12.4. The molecule has 0 radical (unpaired) electrons. The molecule has 2 aliphatic rings. The van der Waals surface area contributed by atoms with Crippen LogP contribution in [0.1, 0.15) is 36.4 Å². The summed E-state index contributed by atoms with van der Waals surface area (Å²) in [4.78, 5) is 14.7. The van der Waals surface area contributed by atoms with Gasteiger partial charge in [-0.1, -0.05) is 60.7 Å². The first kappa shape index (κ1) is 13.5. The third-order valence-electron chi connectivity index (χ3n) is 4.76. The number of carbonyl (C=O) groups excluding carboxylic acids is 1. The van der Waals surface area contributed by atoms with Gasteiger partial charge < -0.3 is 9.64 Å². The molecular formula is C19H19NO2. The van der Waals surface area contributed by atoms with Gasteiger partial charge in [-0.2, -0.15) is 0 Å². The van der Waals surface area contributed by atoms with Gasteiger partial charge in [0.1, 0.15) is 0 Å². The molecule has 2 fully saturated rings. The van der Waals surface area contributed by atoms with Crippen molar-refractivity contribution >= 4 is 5.91 Å². The lowest BCUT2D eigenvalue weighted by Crippen LogP contribution is -2.49. The first-order valence-electron chi connectivity index (χ1n) is 7.88. The first-order valence-corrected chi connectivity index (χ1v) is 7.88. The van der Waals surface area contributed by atoms with E-state index in [9.17, 15) is 4.79 Å². The lowest BCUT2D eigenvalue weighted by Gasteiger charge is -2.43. The highest BCUT2D eigenvalue weighted by atomic mass is 16.5. The second kappa shape index (κ2) is 5.25. The summed E-state index contributed by atoms with van der Waals surface area (Å²) in [6.45, 7) is 0.560. The van der Waals surface area contributed by atoms with E-state index in [-0.39, 0.29) is 11.9 Å². The van der Waals surface area contributed by atoms with Gasteiger partial charge in [-0.05, 0) is 12.0 Å². The average Bonchev–Trinajstić information content (AvgIpc) is 2.99. The first-order chi connectivity index (χ1) is 10.8. The Labute approximate surface area is 130 Å². The maximum atomic E-state index is 12.7. The summed E-state index contributed by atoms with van der Waals surface area (Å²) < 4.78 is 6.27. The lowest BCUT2D eigenvalue weighted by atomic mass is 9.89. The van der Waals surface area contributed by atoms with Gasteiger partial charge in [0.15, 0.2) is 5.72 Å². The normalized spacial score (nSPS) is 27.7. The SMILES string of the molecule is O=C1CCC[C@]2(c3ccccc3)OC[C@@H](c3ccccc3)N12. The van der Waals surface area contributed by atoms with Crippen LogP contribution in [0, 0.1) is 0 Å². The Kier molecular flexibility index (Phi) is 3.23. The highest BCUT2D eigenvalue weighted by molar-refractivity contribution is 5.79. The molecule has 0 aliphatic carbocycles. The number of hydrogen-bond acceptors (Lipinski definition) is 2. The van der Waals surface area contributed by atoms with Crippen molar-refractivity contribution in [3.63, 3.8) is 0 Å². The molecule has 2 atom stereocenters. The summed E-state index contributed by atoms with van der Waals surface area (Å²) in [5.74, 6) is 0.196. The van der Waals surface area contributed by atoms with E-state index < -0.39 is 5.72 Å². The molecule has 22 heavy (non-hydrogen) atoms. The third-order valence-corrected chi connectivity index (χ3v) is 4.76. The summed E-state index contributed by atoms with van der Waals surface area (Å²) >= 11 is 0. The van der Waals surface area contributed by atoms with Crippen LogP contribution in [-0.2, 0) is 15.3 Å². The van der Waals surface area contributed by atoms with Crippen LogP contribution < -0.4 is 0 Å². The van der Waals surface area contributed by atoms with E-state index >= 15 is 0 Å². The number of carbonyl (C=O) groups is 1. The third kappa shape index (κ3) is 1.97. The van der Waals surface area contributed by atoms with Crippen LogP contribution in [-0.4, -0.2) is 17.4 Å². The maximum absolute atomic E-state index is 12.7. The fourth-order valence-electron chi connectivity index (χ4n) is 3.77. The zero-order chi connectivity index (χ0) is 15.0. The highest BCUT2D eigenvalue weighted by Crippen LogP contribution is 2.49. The minimum absolute atomic E-state index is 0.00852. The van der Waals surface area contributed by atoms with Gasteiger partial charge in [0.2, 0.25) is 5.91 Å². The average molecular weight is 293 g/mol. The monoisotopic (exact) mass is 293 g/mol. The molecule has 2 aromatic rings. The smallest absolute Gasteiger partial charge is 0.225 e. The van der Waals surface area contributed by atoms with E-state index in [1.54, 1.807) is 0 Å². The predicted molar refractivity (Wildman–Crippen MR) is 84.0 cm³/mol. The van der Waals surface area contributed by atoms with Crippen molar-refractivity contribution in [3.05, 3.63) is 71.8 Å². The van der Waals surface area contributed by atoms with Crippen LogP contribution in [0.5, 0.6) is 0 Å². The summed E-state index contributed by atoms with van der Waals surface area (Å²) in [5.41, 5.74) is 1.65. The number of fused-ring (bicyclic) bond motifs is 1. The Balaban J connectivity index is 1.80. The molecule has 0 unspecified atom stereocenters. The number of rotatable bonds is 2. The molecule has 2 saturated heterocycles. The van der Waals surface area contributed by atoms with Gasteiger partial charge in [0, 0.05) is 18.4 Å². The van der Waals surface area contributed by atoms with Gasteiger partial charge in [-0.15, -0.1) is 0 Å². The number of piperidine rings is 1. The molecule has 0 saturated carbocycles. The van der Waals surface area contributed by atoms with Crippen molar-refractivity contribution in [3.8, 4) is 0 Å². The molecular weight excluding hydrogens is 274 g/mol. The van der Waals surface area contributed by atoms with Gasteiger partial charge in [0.05, 0.1) is 12.6 Å². The van der Waals surface area contributed by atoms with Crippen molar-refractivity contribution in [1.29, 1.82) is 0 Å². The van der Waals surface area contributed by atoms with Gasteiger partial charge >= 0.3 is 0 Å². The molecule has 2 heterocycles. The van der Waals surface area contributed by atoms with Crippen molar-refractivity contribution in [2.24, 2.45) is 0 Å². The highest BCUT2D eigenvalue weighted by Gasteiger charge is 2.53. The Morgan fingerprint density at radius 1 is 1.00 bits per heavy atom. The fourth-order valence-corrected chi connectivity index (χ4v) is 3.77. The van der Waals surface area contributed by atoms with Crippen LogP contribution in [0.3, 0.4) is 0 Å². The Morgan fingerprint density at radius 2 is 1.68 bits per heavy atom. The van der Waals surface area contributed by atoms with Crippen molar-refractivity contribution in [2.75, 3.05) is 6.61 Å². The Bertz CT molecular complexity index is 670. The number of amides is 1. The molecule has 3 nitrogen and oxygen atoms in total. The second-order valence-electron chi connectivity index (χ2n) is 6.01. The van der Waals surface area contributed by atoms with Gasteiger partial charge in [-0.25, -0.2) is 0 Å². The molecule has 0 N–H and O–H groups in total. The van der Waals surface area contributed by atoms with E-state index in [0.29, 0.717) is 13.0 Å². The molecule has 2 aliphatic heterocycles. The molecule has 0 spiro atoms. The van der Waals surface area contributed by atoms with E-state index in [0.717, 1.165) is 24.0 Å². The minimum atomic E-state index is -0.586. The second-order valence-corrected chi connectivity index (χ2v) is 6.01. The van der Waals surface area contributed by atoms with Crippen molar-refractivity contribution < 1.29 is 9.53 Å². The van der Waals surface area contributed by atoms with Crippen LogP contribution >= 0.6 is 0 Å². The molecule has 4 rings (SSSR count). The standard InChI is InChI=1S/C19H19NO2/c21-18-12-7-13-19(16-10-5-2-6-11-16)20(18)17(14-22-19)15-8-3-1-4-9-15/h1-6,8-11,17H,7,12-14H2/t17-,19+/m0/s1. The Hall–Kier alpha value is -2.13. The molecule has 0 bridgehead atoms. The van der Waals surface area contributed by atoms with Crippen molar-refractivity contribution in [2.45, 2.75) is 31.0 Å². The van der Waals surface area contributed by atoms with Crippen LogP contribution in [0.2, 0.25) is 0 Å². The molecule has 0 aromatic heterocycles. The zero-order valence-corrected chi connectivity index (χ0v) is 12.4. The van der Waals surface area contributed by atoms with E-state index in [4.69, 9.17) is 4.74 Å². The molecule has 112 valence electrons. The number of ether oxygens (including phenoxy) is 1. The lowest BCUT2D eigenvalue weighted by molar-refractivity contribution is -0.163. The predicted octanol–water partition coefficient (Wildman–Crippen LogP) is 3.62. The van der Waals surface area contributed by atoms with Crippen molar-refractivity contribution in [1.82, 2.24) is 4.90 Å². The summed E-state index contributed by atoms with van der Waals surface area (Å²) in [5, 5.41) is 0. The van der Waals surface area contributed by atoms with E-state index in [2.05, 4.69) is 24.3 Å². The number of hydrogen-bond donors (Lipinski definition) is 0. The quantitative estimate of drug-likeness (QED) is 0.846. The van der Waals surface area contributed by atoms with Gasteiger partial charge in [-0.3, -0.25) is 4.79 Å². The molecule has 1 amide bonds. The summed E-state index contributed by atoms with van der Waals surface area (Å²) in [6.07, 6.45) is 2.36. The summed E-state index contributed by atoms with van der Waals surface area (Å²) in [7, 11) is 0. The fraction of sp³-hybridized carbons (Fsp3) is 0.316. The maximum Gasteiger partial charge on any atom is 0.225 e. The topological polar surface area (TPSA) is 29.5 Å². The Morgan fingerprint density at radius 3 is 2.41 bits per heavy atom. The molecule has 3 heteroatoms. The van der Waals surface area contributed by atoms with Crippen LogP contribution in [0.4, 0.5) is 0 Å². The van der Waals surface area contributed by atoms with Gasteiger partial charge in [0.25, 0.3) is 0 Å². The summed E-state index contributed by atoms with van der Waals surface area (Å²) in [6, 6.07) is 20.4. The van der Waals surface area contributed by atoms with E-state index in [1.165, 1.54) is 0 Å². The minimum Gasteiger partial charge on any atom is -0.349 e. The molecule has 2 aromatic carbocycles.